The first-order chi connectivity index (χ1) is 11.6. The van der Waals surface area contributed by atoms with E-state index in [0.29, 0.717) is 6.42 Å². The highest BCUT2D eigenvalue weighted by Crippen LogP contribution is 2.41. The van der Waals surface area contributed by atoms with Gasteiger partial charge in [-0.15, -0.1) is 0 Å². The largest absolute Gasteiger partial charge is 0.326 e. The number of carbonyl (C=O) groups excluding carboxylic acids is 1. The molecule has 1 aliphatic rings. The molecule has 1 amide bonds. The molecule has 0 fully saturated rings. The molecular weight excluding hydrogens is 304 g/mol. The Labute approximate surface area is 138 Å². The summed E-state index contributed by atoms with van der Waals surface area (Å²) in [5.74, 6) is -0.151. The molecule has 0 saturated heterocycles. The zero-order valence-electron chi connectivity index (χ0n) is 12.7. The Morgan fingerprint density at radius 3 is 2.50 bits per heavy atom. The minimum atomic E-state index is -0.416. The number of nitro benzene ring substituents is 1. The summed E-state index contributed by atoms with van der Waals surface area (Å²) < 4.78 is 0. The number of rotatable bonds is 2. The van der Waals surface area contributed by atoms with Crippen molar-refractivity contribution >= 4 is 28.1 Å². The molecule has 1 aliphatic heterocycles. The van der Waals surface area contributed by atoms with Crippen LogP contribution in [0.5, 0.6) is 0 Å². The number of fused-ring (bicyclic) bond motifs is 3. The van der Waals surface area contributed by atoms with Crippen LogP contribution >= 0.6 is 0 Å². The van der Waals surface area contributed by atoms with Crippen molar-refractivity contribution in [3.8, 4) is 0 Å². The number of nitrogens with zero attached hydrogens (tertiary/aromatic N) is 1. The lowest BCUT2D eigenvalue weighted by Crippen LogP contribution is -2.23. The van der Waals surface area contributed by atoms with Crippen LogP contribution in [0.2, 0.25) is 0 Å². The molecule has 1 heterocycles. The van der Waals surface area contributed by atoms with Crippen LogP contribution in [0.1, 0.15) is 23.5 Å². The van der Waals surface area contributed by atoms with Crippen LogP contribution in [0.3, 0.4) is 0 Å². The second-order valence-electron chi connectivity index (χ2n) is 5.90. The van der Waals surface area contributed by atoms with Crippen molar-refractivity contribution in [1.29, 1.82) is 0 Å². The zero-order chi connectivity index (χ0) is 16.7. The summed E-state index contributed by atoms with van der Waals surface area (Å²) in [5, 5.41) is 16.0. The maximum Gasteiger partial charge on any atom is 0.269 e. The molecule has 3 aromatic carbocycles. The number of amides is 1. The average molecular weight is 318 g/mol. The smallest absolute Gasteiger partial charge is 0.269 e. The van der Waals surface area contributed by atoms with E-state index < -0.39 is 4.92 Å². The number of hydrogen-bond donors (Lipinski definition) is 1. The van der Waals surface area contributed by atoms with Crippen LogP contribution in [-0.4, -0.2) is 10.8 Å². The van der Waals surface area contributed by atoms with E-state index in [1.54, 1.807) is 12.1 Å². The van der Waals surface area contributed by atoms with Gasteiger partial charge >= 0.3 is 0 Å². The standard InChI is InChI=1S/C19H14N2O3/c22-18-11-16(13-5-8-14(9-6-13)21(23)24)19-15-4-2-1-3-12(15)7-10-17(19)20-18/h1-10,16H,11H2,(H,20,22). The van der Waals surface area contributed by atoms with Gasteiger partial charge in [-0.2, -0.15) is 0 Å². The molecule has 0 spiro atoms. The number of anilines is 1. The SMILES string of the molecule is O=C1CC(c2ccc([N+](=O)[O-])cc2)c2c(ccc3ccccc23)N1. The fourth-order valence-corrected chi connectivity index (χ4v) is 3.38. The normalized spacial score (nSPS) is 16.5. The van der Waals surface area contributed by atoms with Gasteiger partial charge in [0.15, 0.2) is 0 Å². The molecular formula is C19H14N2O3. The van der Waals surface area contributed by atoms with Crippen molar-refractivity contribution in [3.63, 3.8) is 0 Å². The number of carbonyl (C=O) groups is 1. The highest BCUT2D eigenvalue weighted by molar-refractivity contribution is 6.01. The van der Waals surface area contributed by atoms with E-state index in [4.69, 9.17) is 0 Å². The van der Waals surface area contributed by atoms with Crippen molar-refractivity contribution in [2.24, 2.45) is 0 Å². The first-order valence-electron chi connectivity index (χ1n) is 7.69. The number of hydrogen-bond acceptors (Lipinski definition) is 3. The van der Waals surface area contributed by atoms with Crippen LogP contribution in [0.25, 0.3) is 10.8 Å². The van der Waals surface area contributed by atoms with E-state index in [1.807, 2.05) is 36.4 Å². The summed E-state index contributed by atoms with van der Waals surface area (Å²) >= 11 is 0. The molecule has 0 saturated carbocycles. The third-order valence-corrected chi connectivity index (χ3v) is 4.49. The van der Waals surface area contributed by atoms with Gasteiger partial charge in [-0.1, -0.05) is 42.5 Å². The Balaban J connectivity index is 1.90. The third kappa shape index (κ3) is 2.31. The van der Waals surface area contributed by atoms with Crippen LogP contribution < -0.4 is 5.32 Å². The maximum absolute atomic E-state index is 12.1. The van der Waals surface area contributed by atoms with Crippen molar-refractivity contribution in [2.45, 2.75) is 12.3 Å². The van der Waals surface area contributed by atoms with Crippen molar-refractivity contribution < 1.29 is 9.72 Å². The van der Waals surface area contributed by atoms with E-state index in [0.717, 1.165) is 27.6 Å². The lowest BCUT2D eigenvalue weighted by Gasteiger charge is -2.27. The van der Waals surface area contributed by atoms with Gasteiger partial charge in [0.2, 0.25) is 5.91 Å². The Hall–Kier alpha value is -3.21. The van der Waals surface area contributed by atoms with Gasteiger partial charge in [0.1, 0.15) is 0 Å². The lowest BCUT2D eigenvalue weighted by molar-refractivity contribution is -0.384. The fourth-order valence-electron chi connectivity index (χ4n) is 3.38. The molecule has 3 aromatic rings. The molecule has 1 unspecified atom stereocenters. The first-order valence-corrected chi connectivity index (χ1v) is 7.69. The molecule has 24 heavy (non-hydrogen) atoms. The molecule has 5 nitrogen and oxygen atoms in total. The van der Waals surface area contributed by atoms with Crippen molar-refractivity contribution in [2.75, 3.05) is 5.32 Å². The van der Waals surface area contributed by atoms with Crippen LogP contribution in [0.15, 0.2) is 60.7 Å². The molecule has 1 atom stereocenters. The van der Waals surface area contributed by atoms with Crippen LogP contribution in [0.4, 0.5) is 11.4 Å². The molecule has 0 aromatic heterocycles. The summed E-state index contributed by atoms with van der Waals surface area (Å²) in [5.41, 5.74) is 2.85. The molecule has 0 radical (unpaired) electrons. The van der Waals surface area contributed by atoms with Gasteiger partial charge < -0.3 is 5.32 Å². The summed E-state index contributed by atoms with van der Waals surface area (Å²) in [6, 6.07) is 18.4. The van der Waals surface area contributed by atoms with E-state index in [1.165, 1.54) is 12.1 Å². The van der Waals surface area contributed by atoms with E-state index in [9.17, 15) is 14.9 Å². The average Bonchev–Trinajstić information content (AvgIpc) is 2.60. The Bertz CT molecular complexity index is 964. The summed E-state index contributed by atoms with van der Waals surface area (Å²) in [4.78, 5) is 22.5. The van der Waals surface area contributed by atoms with E-state index >= 15 is 0 Å². The van der Waals surface area contributed by atoms with Gasteiger partial charge in [0, 0.05) is 30.2 Å². The monoisotopic (exact) mass is 318 g/mol. The van der Waals surface area contributed by atoms with Crippen LogP contribution in [0, 0.1) is 10.1 Å². The molecule has 1 N–H and O–H groups in total. The zero-order valence-corrected chi connectivity index (χ0v) is 12.7. The molecule has 118 valence electrons. The highest BCUT2D eigenvalue weighted by atomic mass is 16.6. The number of nitrogens with one attached hydrogen (secondary N) is 1. The minimum absolute atomic E-state index is 0.0406. The number of non-ortho nitro benzene ring substituents is 1. The molecule has 0 aliphatic carbocycles. The predicted molar refractivity (Wildman–Crippen MR) is 92.1 cm³/mol. The number of benzene rings is 3. The van der Waals surface area contributed by atoms with Crippen LogP contribution in [-0.2, 0) is 4.79 Å². The quantitative estimate of drug-likeness (QED) is 0.568. The van der Waals surface area contributed by atoms with Gasteiger partial charge in [-0.25, -0.2) is 0 Å². The number of nitro groups is 1. The van der Waals surface area contributed by atoms with Gasteiger partial charge in [0.25, 0.3) is 5.69 Å². The third-order valence-electron chi connectivity index (χ3n) is 4.49. The minimum Gasteiger partial charge on any atom is -0.326 e. The Morgan fingerprint density at radius 1 is 1.00 bits per heavy atom. The van der Waals surface area contributed by atoms with Crippen molar-refractivity contribution in [1.82, 2.24) is 0 Å². The topological polar surface area (TPSA) is 72.2 Å². The summed E-state index contributed by atoms with van der Waals surface area (Å²) in [6.45, 7) is 0. The molecule has 5 heteroatoms. The Kier molecular flexibility index (Phi) is 3.27. The Morgan fingerprint density at radius 2 is 1.75 bits per heavy atom. The lowest BCUT2D eigenvalue weighted by atomic mass is 9.82. The highest BCUT2D eigenvalue weighted by Gasteiger charge is 2.28. The second-order valence-corrected chi connectivity index (χ2v) is 5.90. The predicted octanol–water partition coefficient (Wildman–Crippen LogP) is 4.22. The van der Waals surface area contributed by atoms with Gasteiger partial charge in [-0.3, -0.25) is 14.9 Å². The second kappa shape index (κ2) is 5.45. The molecule has 0 bridgehead atoms. The maximum atomic E-state index is 12.1. The fraction of sp³-hybridized carbons (Fsp3) is 0.105. The summed E-state index contributed by atoms with van der Waals surface area (Å²) in [7, 11) is 0. The summed E-state index contributed by atoms with van der Waals surface area (Å²) in [6.07, 6.45) is 0.332. The van der Waals surface area contributed by atoms with E-state index in [2.05, 4.69) is 5.32 Å². The van der Waals surface area contributed by atoms with Gasteiger partial charge in [0.05, 0.1) is 4.92 Å². The van der Waals surface area contributed by atoms with Gasteiger partial charge in [-0.05, 0) is 28.0 Å². The van der Waals surface area contributed by atoms with E-state index in [-0.39, 0.29) is 17.5 Å². The van der Waals surface area contributed by atoms with Crippen molar-refractivity contribution in [3.05, 3.63) is 81.9 Å². The molecule has 4 rings (SSSR count). The first kappa shape index (κ1) is 14.4.